The molecule has 0 unspecified atom stereocenters. The molecule has 20 heavy (non-hydrogen) atoms. The van der Waals surface area contributed by atoms with E-state index >= 15 is 0 Å². The van der Waals surface area contributed by atoms with Crippen LogP contribution < -0.4 is 10.1 Å². The van der Waals surface area contributed by atoms with Gasteiger partial charge in [-0.05, 0) is 43.1 Å². The highest BCUT2D eigenvalue weighted by atomic mass is 16.5. The minimum Gasteiger partial charge on any atom is -0.486 e. The first kappa shape index (κ1) is 14.6. The Balaban J connectivity index is 1.98. The van der Waals surface area contributed by atoms with E-state index in [0.29, 0.717) is 19.1 Å². The molecule has 0 aliphatic rings. The van der Waals surface area contributed by atoms with E-state index in [-0.39, 0.29) is 0 Å². The highest BCUT2D eigenvalue weighted by Crippen LogP contribution is 2.24. The molecule has 0 saturated carbocycles. The molecular weight excluding hydrogens is 252 g/mol. The average Bonchev–Trinajstić information content (AvgIpc) is 2.84. The Hall–Kier alpha value is -1.81. The van der Waals surface area contributed by atoms with E-state index in [4.69, 9.17) is 9.26 Å². The largest absolute Gasteiger partial charge is 0.486 e. The highest BCUT2D eigenvalue weighted by molar-refractivity contribution is 5.36. The fourth-order valence-corrected chi connectivity index (χ4v) is 2.23. The number of hydrogen-bond acceptors (Lipinski definition) is 4. The van der Waals surface area contributed by atoms with Gasteiger partial charge in [0.2, 0.25) is 0 Å². The van der Waals surface area contributed by atoms with Crippen molar-refractivity contribution in [3.63, 3.8) is 0 Å². The molecule has 0 bridgehead atoms. The monoisotopic (exact) mass is 274 g/mol. The summed E-state index contributed by atoms with van der Waals surface area (Å²) in [5.74, 6) is 2.13. The lowest BCUT2D eigenvalue weighted by molar-refractivity contribution is 0.248. The zero-order valence-electron chi connectivity index (χ0n) is 12.6. The van der Waals surface area contributed by atoms with E-state index in [1.807, 2.05) is 19.2 Å². The van der Waals surface area contributed by atoms with Crippen LogP contribution in [0.2, 0.25) is 0 Å². The number of nitrogens with one attached hydrogen (secondary N) is 1. The molecule has 4 nitrogen and oxygen atoms in total. The molecule has 1 aromatic heterocycles. The van der Waals surface area contributed by atoms with Gasteiger partial charge in [0.25, 0.3) is 0 Å². The Morgan fingerprint density at radius 2 is 2.10 bits per heavy atom. The van der Waals surface area contributed by atoms with Crippen molar-refractivity contribution in [2.24, 2.45) is 0 Å². The summed E-state index contributed by atoms with van der Waals surface area (Å²) in [5, 5.41) is 6.99. The van der Waals surface area contributed by atoms with Gasteiger partial charge in [0.05, 0.1) is 5.69 Å². The van der Waals surface area contributed by atoms with E-state index in [1.165, 1.54) is 11.1 Å². The van der Waals surface area contributed by atoms with Crippen LogP contribution in [0.25, 0.3) is 0 Å². The van der Waals surface area contributed by atoms with E-state index in [2.05, 4.69) is 43.4 Å². The molecule has 1 N–H and O–H groups in total. The number of rotatable bonds is 6. The van der Waals surface area contributed by atoms with Crippen molar-refractivity contribution in [2.75, 3.05) is 7.05 Å². The van der Waals surface area contributed by atoms with E-state index < -0.39 is 0 Å². The molecular formula is C16H22N2O2. The average molecular weight is 274 g/mol. The second kappa shape index (κ2) is 6.57. The summed E-state index contributed by atoms with van der Waals surface area (Å²) in [6.07, 6.45) is 0. The van der Waals surface area contributed by atoms with Crippen LogP contribution in [0.4, 0.5) is 0 Å². The van der Waals surface area contributed by atoms with E-state index in [9.17, 15) is 0 Å². The maximum atomic E-state index is 5.74. The summed E-state index contributed by atoms with van der Waals surface area (Å²) in [6, 6.07) is 8.11. The third-order valence-corrected chi connectivity index (χ3v) is 3.21. The standard InChI is InChI=1S/C16H22N2O2/c1-11(2)16-6-5-14(7-12(16)3)19-10-15-8-13(9-17-4)18-20-15/h5-8,11,17H,9-10H2,1-4H3. The van der Waals surface area contributed by atoms with Crippen LogP contribution in [0.3, 0.4) is 0 Å². The first-order chi connectivity index (χ1) is 9.60. The van der Waals surface area contributed by atoms with Crippen LogP contribution in [0.5, 0.6) is 5.75 Å². The van der Waals surface area contributed by atoms with Gasteiger partial charge < -0.3 is 14.6 Å². The Bertz CT molecular complexity index is 561. The molecule has 0 spiro atoms. The predicted octanol–water partition coefficient (Wildman–Crippen LogP) is 3.40. The SMILES string of the molecule is CNCc1cc(COc2ccc(C(C)C)c(C)c2)on1. The van der Waals surface area contributed by atoms with Crippen LogP contribution in [0.15, 0.2) is 28.8 Å². The van der Waals surface area contributed by atoms with Crippen molar-refractivity contribution >= 4 is 0 Å². The first-order valence-electron chi connectivity index (χ1n) is 6.92. The fourth-order valence-electron chi connectivity index (χ4n) is 2.23. The lowest BCUT2D eigenvalue weighted by Gasteiger charge is -2.11. The fraction of sp³-hybridized carbons (Fsp3) is 0.438. The van der Waals surface area contributed by atoms with Crippen LogP contribution in [-0.4, -0.2) is 12.2 Å². The summed E-state index contributed by atoms with van der Waals surface area (Å²) in [4.78, 5) is 0. The van der Waals surface area contributed by atoms with Gasteiger partial charge in [-0.25, -0.2) is 0 Å². The normalized spacial score (nSPS) is 11.1. The van der Waals surface area contributed by atoms with Gasteiger partial charge in [-0.2, -0.15) is 0 Å². The Morgan fingerprint density at radius 3 is 2.75 bits per heavy atom. The number of nitrogens with zero attached hydrogens (tertiary/aromatic N) is 1. The zero-order valence-corrected chi connectivity index (χ0v) is 12.6. The summed E-state index contributed by atoms with van der Waals surface area (Å²) >= 11 is 0. The summed E-state index contributed by atoms with van der Waals surface area (Å²) < 4.78 is 11.0. The van der Waals surface area contributed by atoms with Crippen molar-refractivity contribution in [3.8, 4) is 5.75 Å². The molecule has 0 atom stereocenters. The summed E-state index contributed by atoms with van der Waals surface area (Å²) in [5.41, 5.74) is 3.50. The number of benzene rings is 1. The number of aryl methyl sites for hydroxylation is 1. The first-order valence-corrected chi connectivity index (χ1v) is 6.92. The second-order valence-electron chi connectivity index (χ2n) is 5.28. The van der Waals surface area contributed by atoms with E-state index in [1.54, 1.807) is 0 Å². The molecule has 108 valence electrons. The minimum atomic E-state index is 0.400. The van der Waals surface area contributed by atoms with Crippen LogP contribution in [0.1, 0.15) is 42.3 Å². The topological polar surface area (TPSA) is 47.3 Å². The molecule has 2 aromatic rings. The van der Waals surface area contributed by atoms with Gasteiger partial charge >= 0.3 is 0 Å². The molecule has 2 rings (SSSR count). The van der Waals surface area contributed by atoms with Crippen LogP contribution >= 0.6 is 0 Å². The molecule has 4 heteroatoms. The van der Waals surface area contributed by atoms with Crippen molar-refractivity contribution in [3.05, 3.63) is 46.8 Å². The molecule has 0 radical (unpaired) electrons. The zero-order chi connectivity index (χ0) is 14.5. The molecule has 0 aliphatic heterocycles. The highest BCUT2D eigenvalue weighted by Gasteiger charge is 2.07. The Morgan fingerprint density at radius 1 is 1.30 bits per heavy atom. The Kier molecular flexibility index (Phi) is 4.79. The van der Waals surface area contributed by atoms with Crippen molar-refractivity contribution in [1.29, 1.82) is 0 Å². The molecule has 0 aliphatic carbocycles. The minimum absolute atomic E-state index is 0.400. The summed E-state index contributed by atoms with van der Waals surface area (Å²) in [7, 11) is 1.88. The van der Waals surface area contributed by atoms with Gasteiger partial charge in [-0.15, -0.1) is 0 Å². The third kappa shape index (κ3) is 3.61. The van der Waals surface area contributed by atoms with Gasteiger partial charge in [0.1, 0.15) is 12.4 Å². The molecule has 0 amide bonds. The lowest BCUT2D eigenvalue weighted by atomic mass is 9.98. The smallest absolute Gasteiger partial charge is 0.174 e. The van der Waals surface area contributed by atoms with Crippen molar-refractivity contribution in [1.82, 2.24) is 10.5 Å². The van der Waals surface area contributed by atoms with Gasteiger partial charge in [0.15, 0.2) is 5.76 Å². The lowest BCUT2D eigenvalue weighted by Crippen LogP contribution is -2.04. The second-order valence-corrected chi connectivity index (χ2v) is 5.28. The van der Waals surface area contributed by atoms with Crippen molar-refractivity contribution < 1.29 is 9.26 Å². The number of ether oxygens (including phenoxy) is 1. The quantitative estimate of drug-likeness (QED) is 0.877. The van der Waals surface area contributed by atoms with E-state index in [0.717, 1.165) is 17.2 Å². The molecule has 1 aromatic carbocycles. The van der Waals surface area contributed by atoms with Gasteiger partial charge in [-0.3, -0.25) is 0 Å². The van der Waals surface area contributed by atoms with Gasteiger partial charge in [-0.1, -0.05) is 25.1 Å². The van der Waals surface area contributed by atoms with Gasteiger partial charge in [0, 0.05) is 12.6 Å². The van der Waals surface area contributed by atoms with Crippen LogP contribution in [-0.2, 0) is 13.2 Å². The Labute approximate surface area is 120 Å². The maximum Gasteiger partial charge on any atom is 0.174 e. The predicted molar refractivity (Wildman–Crippen MR) is 78.9 cm³/mol. The van der Waals surface area contributed by atoms with Crippen LogP contribution in [0, 0.1) is 6.92 Å². The molecule has 1 heterocycles. The maximum absolute atomic E-state index is 5.74. The summed E-state index contributed by atoms with van der Waals surface area (Å²) in [6.45, 7) is 7.60. The third-order valence-electron chi connectivity index (χ3n) is 3.21. The molecule has 0 fully saturated rings. The van der Waals surface area contributed by atoms with Crippen molar-refractivity contribution in [2.45, 2.75) is 39.8 Å². The number of aromatic nitrogens is 1. The molecule has 0 saturated heterocycles. The number of hydrogen-bond donors (Lipinski definition) is 1.